The monoisotopic (exact) mass is 213 g/mol. The van der Waals surface area contributed by atoms with Crippen LogP contribution in [0.3, 0.4) is 0 Å². The quantitative estimate of drug-likeness (QED) is 0.784. The molecule has 0 unspecified atom stereocenters. The predicted octanol–water partition coefficient (Wildman–Crippen LogP) is 1.66. The first-order valence-electron chi connectivity index (χ1n) is 3.99. The van der Waals surface area contributed by atoms with Crippen LogP contribution < -0.4 is 10.5 Å². The normalized spacial score (nSPS) is 9.86. The molecule has 14 heavy (non-hydrogen) atoms. The molecule has 4 nitrogen and oxygen atoms in total. The van der Waals surface area contributed by atoms with E-state index in [2.05, 4.69) is 4.98 Å². The number of aryl methyl sites for hydroxylation is 1. The largest absolute Gasteiger partial charge is 0.493 e. The lowest BCUT2D eigenvalue weighted by Crippen LogP contribution is -1.94. The van der Waals surface area contributed by atoms with E-state index in [1.54, 1.807) is 13.2 Å². The van der Waals surface area contributed by atoms with Gasteiger partial charge in [-0.05, 0) is 6.92 Å². The molecule has 2 aromatic rings. The summed E-state index contributed by atoms with van der Waals surface area (Å²) in [5.41, 5.74) is 8.10. The lowest BCUT2D eigenvalue weighted by Gasteiger charge is -2.02. The van der Waals surface area contributed by atoms with Gasteiger partial charge >= 0.3 is 0 Å². The Balaban J connectivity index is 0.000000980. The molecular formula is C9H12ClN3O. The summed E-state index contributed by atoms with van der Waals surface area (Å²) < 4.78 is 7.02. The first-order valence-corrected chi connectivity index (χ1v) is 3.99. The number of anilines is 1. The molecule has 0 amide bonds. The summed E-state index contributed by atoms with van der Waals surface area (Å²) in [5, 5.41) is 0. The van der Waals surface area contributed by atoms with Crippen molar-refractivity contribution in [3.05, 3.63) is 24.2 Å². The van der Waals surface area contributed by atoms with Crippen LogP contribution in [-0.2, 0) is 0 Å². The highest BCUT2D eigenvalue weighted by Crippen LogP contribution is 2.21. The summed E-state index contributed by atoms with van der Waals surface area (Å²) >= 11 is 0. The number of imidazole rings is 1. The third-order valence-electron chi connectivity index (χ3n) is 1.88. The van der Waals surface area contributed by atoms with E-state index in [1.807, 2.05) is 23.7 Å². The summed E-state index contributed by atoms with van der Waals surface area (Å²) in [7, 11) is 1.61. The number of nitrogens with zero attached hydrogens (tertiary/aromatic N) is 2. The van der Waals surface area contributed by atoms with Gasteiger partial charge in [0, 0.05) is 18.5 Å². The van der Waals surface area contributed by atoms with Crippen LogP contribution in [0.15, 0.2) is 18.5 Å². The van der Waals surface area contributed by atoms with Crippen LogP contribution in [0.25, 0.3) is 5.65 Å². The van der Waals surface area contributed by atoms with E-state index in [4.69, 9.17) is 10.5 Å². The fourth-order valence-electron chi connectivity index (χ4n) is 1.36. The molecule has 2 N–H and O–H groups in total. The molecule has 0 radical (unpaired) electrons. The van der Waals surface area contributed by atoms with E-state index in [0.29, 0.717) is 11.4 Å². The Morgan fingerprint density at radius 3 is 2.79 bits per heavy atom. The number of ether oxygens (including phenoxy) is 1. The number of methoxy groups -OCH3 is 1. The van der Waals surface area contributed by atoms with Crippen molar-refractivity contribution >= 4 is 23.7 Å². The molecule has 2 aromatic heterocycles. The van der Waals surface area contributed by atoms with E-state index >= 15 is 0 Å². The van der Waals surface area contributed by atoms with E-state index in [-0.39, 0.29) is 12.4 Å². The summed E-state index contributed by atoms with van der Waals surface area (Å²) in [6.07, 6.45) is 3.73. The Labute approximate surface area is 88.1 Å². The van der Waals surface area contributed by atoms with Gasteiger partial charge in [-0.1, -0.05) is 0 Å². The van der Waals surface area contributed by atoms with Crippen molar-refractivity contribution in [3.63, 3.8) is 0 Å². The Kier molecular flexibility index (Phi) is 2.86. The minimum atomic E-state index is 0. The molecule has 0 saturated heterocycles. The van der Waals surface area contributed by atoms with Crippen LogP contribution >= 0.6 is 12.4 Å². The molecule has 0 atom stereocenters. The Morgan fingerprint density at radius 1 is 1.43 bits per heavy atom. The molecule has 76 valence electrons. The van der Waals surface area contributed by atoms with Crippen molar-refractivity contribution < 1.29 is 4.74 Å². The van der Waals surface area contributed by atoms with E-state index in [9.17, 15) is 0 Å². The van der Waals surface area contributed by atoms with Crippen molar-refractivity contribution in [3.8, 4) is 5.75 Å². The van der Waals surface area contributed by atoms with Gasteiger partial charge in [0.1, 0.15) is 0 Å². The first-order chi connectivity index (χ1) is 6.20. The van der Waals surface area contributed by atoms with Crippen molar-refractivity contribution in [2.24, 2.45) is 0 Å². The van der Waals surface area contributed by atoms with Gasteiger partial charge in [-0.25, -0.2) is 4.98 Å². The second-order valence-corrected chi connectivity index (χ2v) is 2.95. The fraction of sp³-hybridized carbons (Fsp3) is 0.222. The zero-order valence-electron chi connectivity index (χ0n) is 8.02. The zero-order valence-corrected chi connectivity index (χ0v) is 8.84. The van der Waals surface area contributed by atoms with Crippen LogP contribution in [0.1, 0.15) is 5.69 Å². The Hall–Kier alpha value is -1.42. The van der Waals surface area contributed by atoms with Gasteiger partial charge in [0.05, 0.1) is 18.5 Å². The van der Waals surface area contributed by atoms with Gasteiger partial charge in [0.15, 0.2) is 11.4 Å². The molecule has 5 heteroatoms. The number of hydrogen-bond donors (Lipinski definition) is 1. The molecule has 0 aliphatic heterocycles. The molecule has 2 heterocycles. The van der Waals surface area contributed by atoms with Gasteiger partial charge in [0.2, 0.25) is 0 Å². The van der Waals surface area contributed by atoms with Gasteiger partial charge in [-0.2, -0.15) is 0 Å². The third kappa shape index (κ3) is 1.61. The minimum absolute atomic E-state index is 0. The van der Waals surface area contributed by atoms with Gasteiger partial charge in [0.25, 0.3) is 0 Å². The maximum Gasteiger partial charge on any atom is 0.180 e. The topological polar surface area (TPSA) is 52.5 Å². The predicted molar refractivity (Wildman–Crippen MR) is 58.1 cm³/mol. The molecule has 0 saturated carbocycles. The van der Waals surface area contributed by atoms with E-state index in [1.165, 1.54) is 0 Å². The number of pyridine rings is 1. The smallest absolute Gasteiger partial charge is 0.180 e. The number of aromatic nitrogens is 2. The summed E-state index contributed by atoms with van der Waals surface area (Å²) in [6, 6.07) is 1.77. The average Bonchev–Trinajstić information content (AvgIpc) is 2.43. The van der Waals surface area contributed by atoms with Crippen molar-refractivity contribution in [1.29, 1.82) is 0 Å². The van der Waals surface area contributed by atoms with Crippen molar-refractivity contribution in [2.75, 3.05) is 12.8 Å². The lowest BCUT2D eigenvalue weighted by molar-refractivity contribution is 0.417. The van der Waals surface area contributed by atoms with Gasteiger partial charge in [-0.3, -0.25) is 0 Å². The van der Waals surface area contributed by atoms with Gasteiger partial charge in [-0.15, -0.1) is 12.4 Å². The van der Waals surface area contributed by atoms with Crippen LogP contribution in [0.5, 0.6) is 5.75 Å². The van der Waals surface area contributed by atoms with E-state index < -0.39 is 0 Å². The SMILES string of the molecule is COc1cc(N)cn2cc(C)nc12.Cl. The van der Waals surface area contributed by atoms with Crippen LogP contribution in [0, 0.1) is 6.92 Å². The third-order valence-corrected chi connectivity index (χ3v) is 1.88. The first kappa shape index (κ1) is 10.7. The zero-order chi connectivity index (χ0) is 9.42. The second-order valence-electron chi connectivity index (χ2n) is 2.95. The summed E-state index contributed by atoms with van der Waals surface area (Å²) in [4.78, 5) is 4.31. The molecule has 0 spiro atoms. The molecule has 0 aliphatic rings. The number of fused-ring (bicyclic) bond motifs is 1. The molecule has 0 aromatic carbocycles. The molecule has 0 fully saturated rings. The molecule has 2 rings (SSSR count). The average molecular weight is 214 g/mol. The summed E-state index contributed by atoms with van der Waals surface area (Å²) in [5.74, 6) is 0.702. The van der Waals surface area contributed by atoms with E-state index in [0.717, 1.165) is 11.3 Å². The van der Waals surface area contributed by atoms with Crippen LogP contribution in [0.4, 0.5) is 5.69 Å². The second kappa shape index (κ2) is 3.75. The standard InChI is InChI=1S/C9H11N3O.ClH/c1-6-4-12-5-7(10)3-8(13-2)9(12)11-6;/h3-5H,10H2,1-2H3;1H. The number of nitrogen functional groups attached to an aromatic ring is 1. The lowest BCUT2D eigenvalue weighted by atomic mass is 10.4. The Morgan fingerprint density at radius 2 is 2.14 bits per heavy atom. The highest BCUT2D eigenvalue weighted by molar-refractivity contribution is 5.85. The Bertz CT molecular complexity index is 452. The summed E-state index contributed by atoms with van der Waals surface area (Å²) in [6.45, 7) is 1.93. The van der Waals surface area contributed by atoms with Gasteiger partial charge < -0.3 is 14.9 Å². The molecule has 0 aliphatic carbocycles. The molecular weight excluding hydrogens is 202 g/mol. The fourth-order valence-corrected chi connectivity index (χ4v) is 1.36. The number of rotatable bonds is 1. The van der Waals surface area contributed by atoms with Crippen LogP contribution in [0.2, 0.25) is 0 Å². The van der Waals surface area contributed by atoms with Crippen LogP contribution in [-0.4, -0.2) is 16.5 Å². The highest BCUT2D eigenvalue weighted by atomic mass is 35.5. The number of hydrogen-bond acceptors (Lipinski definition) is 3. The number of nitrogens with two attached hydrogens (primary N) is 1. The maximum atomic E-state index is 5.68. The number of halogens is 1. The maximum absolute atomic E-state index is 5.68. The van der Waals surface area contributed by atoms with Crippen molar-refractivity contribution in [2.45, 2.75) is 6.92 Å². The van der Waals surface area contributed by atoms with Crippen molar-refractivity contribution in [1.82, 2.24) is 9.38 Å². The minimum Gasteiger partial charge on any atom is -0.493 e. The molecule has 0 bridgehead atoms. The highest BCUT2D eigenvalue weighted by Gasteiger charge is 2.05.